The summed E-state index contributed by atoms with van der Waals surface area (Å²) in [6.45, 7) is 0. The summed E-state index contributed by atoms with van der Waals surface area (Å²) in [5.41, 5.74) is 0.985. The van der Waals surface area contributed by atoms with E-state index in [1.807, 2.05) is 0 Å². The van der Waals surface area contributed by atoms with Gasteiger partial charge in [-0.05, 0) is 25.5 Å². The summed E-state index contributed by atoms with van der Waals surface area (Å²) in [7, 11) is 0. The molecule has 0 unspecified atom stereocenters. The molecule has 0 heterocycles. The third kappa shape index (κ3) is 1.66. The van der Waals surface area contributed by atoms with Crippen molar-refractivity contribution in [1.82, 2.24) is 0 Å². The van der Waals surface area contributed by atoms with Gasteiger partial charge in [0.1, 0.15) is 0 Å². The number of nitrogens with zero attached hydrogens (tertiary/aromatic N) is 1. The van der Waals surface area contributed by atoms with Gasteiger partial charge in [-0.2, -0.15) is 11.8 Å². The van der Waals surface area contributed by atoms with E-state index in [4.69, 9.17) is 5.21 Å². The van der Waals surface area contributed by atoms with Crippen molar-refractivity contribution in [3.63, 3.8) is 0 Å². The van der Waals surface area contributed by atoms with Gasteiger partial charge in [-0.3, -0.25) is 0 Å². The number of oxime groups is 1. The van der Waals surface area contributed by atoms with Gasteiger partial charge in [-0.1, -0.05) is 11.6 Å². The van der Waals surface area contributed by atoms with Crippen molar-refractivity contribution in [1.29, 1.82) is 0 Å². The van der Waals surface area contributed by atoms with Gasteiger partial charge < -0.3 is 5.21 Å². The molecule has 1 aliphatic rings. The van der Waals surface area contributed by atoms with Gasteiger partial charge >= 0.3 is 0 Å². The molecule has 0 aromatic rings. The topological polar surface area (TPSA) is 32.6 Å². The third-order valence-electron chi connectivity index (χ3n) is 1.93. The highest BCUT2D eigenvalue weighted by Gasteiger charge is 2.19. The maximum Gasteiger partial charge on any atom is 0.0700 e. The molecule has 1 saturated carbocycles. The predicted molar refractivity (Wildman–Crippen MR) is 45.0 cm³/mol. The van der Waals surface area contributed by atoms with Crippen LogP contribution >= 0.6 is 11.8 Å². The number of rotatable bonds is 1. The molecule has 0 spiro atoms. The summed E-state index contributed by atoms with van der Waals surface area (Å²) in [6.07, 6.45) is 6.71. The molecule has 0 amide bonds. The molecule has 0 bridgehead atoms. The second kappa shape index (κ2) is 3.86. The van der Waals surface area contributed by atoms with Gasteiger partial charge in [-0.15, -0.1) is 0 Å². The van der Waals surface area contributed by atoms with Crippen LogP contribution in [0.15, 0.2) is 5.16 Å². The van der Waals surface area contributed by atoms with Crippen molar-refractivity contribution in [3.05, 3.63) is 0 Å². The normalized spacial score (nSPS) is 30.9. The van der Waals surface area contributed by atoms with E-state index in [0.29, 0.717) is 5.25 Å². The van der Waals surface area contributed by atoms with Crippen LogP contribution in [0.3, 0.4) is 0 Å². The van der Waals surface area contributed by atoms with Gasteiger partial charge in [0, 0.05) is 5.25 Å². The van der Waals surface area contributed by atoms with E-state index in [1.165, 1.54) is 19.3 Å². The fourth-order valence-electron chi connectivity index (χ4n) is 1.33. The van der Waals surface area contributed by atoms with Gasteiger partial charge in [0.25, 0.3) is 0 Å². The number of hydrogen-bond donors (Lipinski definition) is 1. The second-order valence-electron chi connectivity index (χ2n) is 2.56. The summed E-state index contributed by atoms with van der Waals surface area (Å²) in [5.74, 6) is 0. The Balaban J connectivity index is 2.50. The molecule has 3 heteroatoms. The minimum atomic E-state index is 0.485. The number of hydrogen-bond acceptors (Lipinski definition) is 3. The first kappa shape index (κ1) is 7.92. The molecule has 2 nitrogen and oxygen atoms in total. The van der Waals surface area contributed by atoms with Crippen LogP contribution in [-0.2, 0) is 0 Å². The van der Waals surface area contributed by atoms with Crippen molar-refractivity contribution in [2.75, 3.05) is 6.26 Å². The van der Waals surface area contributed by atoms with Gasteiger partial charge in [0.05, 0.1) is 5.71 Å². The quantitative estimate of drug-likeness (QED) is 0.469. The van der Waals surface area contributed by atoms with E-state index < -0.39 is 0 Å². The zero-order chi connectivity index (χ0) is 7.40. The Labute approximate surface area is 65.7 Å². The predicted octanol–water partition coefficient (Wildman–Crippen LogP) is 2.12. The minimum Gasteiger partial charge on any atom is -0.411 e. The number of thioether (sulfide) groups is 1. The summed E-state index contributed by atoms with van der Waals surface area (Å²) < 4.78 is 0. The average molecular weight is 159 g/mol. The first-order valence-electron chi connectivity index (χ1n) is 3.62. The van der Waals surface area contributed by atoms with E-state index in [0.717, 1.165) is 12.1 Å². The fourth-order valence-corrected chi connectivity index (χ4v) is 2.17. The Morgan fingerprint density at radius 2 is 2.40 bits per heavy atom. The molecule has 1 N–H and O–H groups in total. The molecule has 0 aromatic carbocycles. The molecule has 1 atom stereocenters. The van der Waals surface area contributed by atoms with Crippen LogP contribution in [-0.4, -0.2) is 22.4 Å². The standard InChI is InChI=1S/C7H13NOS/c1-10-7-5-3-2-4-6(7)8-9/h7,9H,2-5H2,1H3/b8-6+/t7-/m1/s1. The maximum atomic E-state index is 8.57. The maximum absolute atomic E-state index is 8.57. The van der Waals surface area contributed by atoms with Crippen molar-refractivity contribution in [2.45, 2.75) is 30.9 Å². The van der Waals surface area contributed by atoms with Crippen LogP contribution in [0.4, 0.5) is 0 Å². The first-order valence-corrected chi connectivity index (χ1v) is 4.91. The lowest BCUT2D eigenvalue weighted by Crippen LogP contribution is -2.21. The molecular formula is C7H13NOS. The van der Waals surface area contributed by atoms with Crippen molar-refractivity contribution in [2.24, 2.45) is 5.16 Å². The Hall–Kier alpha value is -0.180. The zero-order valence-corrected chi connectivity index (χ0v) is 7.02. The van der Waals surface area contributed by atoms with E-state index in [2.05, 4.69) is 11.4 Å². The van der Waals surface area contributed by atoms with Crippen LogP contribution in [0.2, 0.25) is 0 Å². The van der Waals surface area contributed by atoms with Crippen molar-refractivity contribution < 1.29 is 5.21 Å². The monoisotopic (exact) mass is 159 g/mol. The van der Waals surface area contributed by atoms with E-state index >= 15 is 0 Å². The first-order chi connectivity index (χ1) is 4.88. The fraction of sp³-hybridized carbons (Fsp3) is 0.857. The lowest BCUT2D eigenvalue weighted by atomic mass is 9.98. The second-order valence-corrected chi connectivity index (χ2v) is 3.60. The molecule has 0 aliphatic heterocycles. The highest BCUT2D eigenvalue weighted by atomic mass is 32.2. The Bertz CT molecular complexity index is 136. The third-order valence-corrected chi connectivity index (χ3v) is 3.01. The van der Waals surface area contributed by atoms with Crippen molar-refractivity contribution >= 4 is 17.5 Å². The van der Waals surface area contributed by atoms with Crippen LogP contribution in [0.1, 0.15) is 25.7 Å². The van der Waals surface area contributed by atoms with Gasteiger partial charge in [-0.25, -0.2) is 0 Å². The van der Waals surface area contributed by atoms with E-state index in [9.17, 15) is 0 Å². The van der Waals surface area contributed by atoms with Crippen LogP contribution in [0, 0.1) is 0 Å². The van der Waals surface area contributed by atoms with E-state index in [-0.39, 0.29) is 0 Å². The van der Waals surface area contributed by atoms with Gasteiger partial charge in [0.15, 0.2) is 0 Å². The lowest BCUT2D eigenvalue weighted by Gasteiger charge is -2.20. The highest BCUT2D eigenvalue weighted by Crippen LogP contribution is 2.24. The summed E-state index contributed by atoms with van der Waals surface area (Å²) in [4.78, 5) is 0. The smallest absolute Gasteiger partial charge is 0.0700 e. The molecule has 1 rings (SSSR count). The molecule has 0 aromatic heterocycles. The molecular weight excluding hydrogens is 146 g/mol. The Morgan fingerprint density at radius 3 is 2.90 bits per heavy atom. The molecule has 0 radical (unpaired) electrons. The summed E-state index contributed by atoms with van der Waals surface area (Å²) >= 11 is 1.79. The zero-order valence-electron chi connectivity index (χ0n) is 6.21. The van der Waals surface area contributed by atoms with Crippen molar-refractivity contribution in [3.8, 4) is 0 Å². The largest absolute Gasteiger partial charge is 0.411 e. The van der Waals surface area contributed by atoms with Crippen LogP contribution in [0.5, 0.6) is 0 Å². The molecule has 10 heavy (non-hydrogen) atoms. The molecule has 1 fully saturated rings. The molecule has 0 saturated heterocycles. The average Bonchev–Trinajstić information content (AvgIpc) is 2.04. The summed E-state index contributed by atoms with van der Waals surface area (Å²) in [5, 5.41) is 12.3. The van der Waals surface area contributed by atoms with Crippen LogP contribution < -0.4 is 0 Å². The lowest BCUT2D eigenvalue weighted by molar-refractivity contribution is 0.314. The van der Waals surface area contributed by atoms with Crippen LogP contribution in [0.25, 0.3) is 0 Å². The Morgan fingerprint density at radius 1 is 1.60 bits per heavy atom. The molecule has 58 valence electrons. The minimum absolute atomic E-state index is 0.485. The Kier molecular flexibility index (Phi) is 3.06. The van der Waals surface area contributed by atoms with E-state index in [1.54, 1.807) is 11.8 Å². The summed E-state index contributed by atoms with van der Waals surface area (Å²) in [6, 6.07) is 0. The molecule has 1 aliphatic carbocycles. The van der Waals surface area contributed by atoms with Gasteiger partial charge in [0.2, 0.25) is 0 Å². The highest BCUT2D eigenvalue weighted by molar-refractivity contribution is 7.99. The SMILES string of the molecule is CS[C@@H]1CCCC/C1=N\O.